The number of nitrogens with one attached hydrogen (secondary N) is 1. The first-order chi connectivity index (χ1) is 6.65. The van der Waals surface area contributed by atoms with E-state index < -0.39 is 0 Å². The van der Waals surface area contributed by atoms with E-state index in [0.29, 0.717) is 5.41 Å². The van der Waals surface area contributed by atoms with Crippen LogP contribution in [0.4, 0.5) is 5.69 Å². The second kappa shape index (κ2) is 3.30. The molecule has 1 nitrogen and oxygen atoms in total. The van der Waals surface area contributed by atoms with Gasteiger partial charge in [0.25, 0.3) is 0 Å². The summed E-state index contributed by atoms with van der Waals surface area (Å²) in [5, 5.41) is 3.44. The molecule has 0 saturated carbocycles. The van der Waals surface area contributed by atoms with E-state index in [1.165, 1.54) is 24.1 Å². The fourth-order valence-electron chi connectivity index (χ4n) is 2.17. The Balaban J connectivity index is 2.49. The molecular weight excluding hydrogens is 170 g/mol. The van der Waals surface area contributed by atoms with Crippen LogP contribution < -0.4 is 5.32 Å². The number of rotatable bonds is 2. The molecule has 2 rings (SSSR count). The Morgan fingerprint density at radius 2 is 2.14 bits per heavy atom. The summed E-state index contributed by atoms with van der Waals surface area (Å²) in [6, 6.07) is 6.65. The first-order valence-electron chi connectivity index (χ1n) is 5.51. The van der Waals surface area contributed by atoms with Gasteiger partial charge < -0.3 is 5.32 Å². The van der Waals surface area contributed by atoms with E-state index in [4.69, 9.17) is 0 Å². The summed E-state index contributed by atoms with van der Waals surface area (Å²) >= 11 is 0. The van der Waals surface area contributed by atoms with Gasteiger partial charge in [-0.2, -0.15) is 0 Å². The van der Waals surface area contributed by atoms with Crippen molar-refractivity contribution in [2.24, 2.45) is 0 Å². The van der Waals surface area contributed by atoms with Crippen LogP contribution in [0.25, 0.3) is 0 Å². The number of benzene rings is 1. The minimum atomic E-state index is 0.317. The van der Waals surface area contributed by atoms with Gasteiger partial charge in [-0.25, -0.2) is 0 Å². The molecule has 0 atom stereocenters. The highest BCUT2D eigenvalue weighted by atomic mass is 14.9. The van der Waals surface area contributed by atoms with Crippen LogP contribution in [0.2, 0.25) is 0 Å². The van der Waals surface area contributed by atoms with Crippen molar-refractivity contribution < 1.29 is 0 Å². The van der Waals surface area contributed by atoms with Crippen molar-refractivity contribution in [3.05, 3.63) is 29.3 Å². The maximum Gasteiger partial charge on any atom is 0.0376 e. The molecule has 14 heavy (non-hydrogen) atoms. The third-order valence-electron chi connectivity index (χ3n) is 3.48. The second-order valence-corrected chi connectivity index (χ2v) is 4.75. The lowest BCUT2D eigenvalue weighted by molar-refractivity contribution is 0.502. The minimum absolute atomic E-state index is 0.317. The van der Waals surface area contributed by atoms with Gasteiger partial charge in [0.15, 0.2) is 0 Å². The molecule has 1 heteroatoms. The summed E-state index contributed by atoms with van der Waals surface area (Å²) in [5.74, 6) is 0. The Morgan fingerprint density at radius 3 is 2.86 bits per heavy atom. The average Bonchev–Trinajstić information content (AvgIpc) is 2.64. The van der Waals surface area contributed by atoms with Gasteiger partial charge in [0.2, 0.25) is 0 Å². The Hall–Kier alpha value is -0.980. The van der Waals surface area contributed by atoms with Crippen LogP contribution in [-0.2, 0) is 11.8 Å². The molecule has 76 valence electrons. The molecule has 1 aliphatic heterocycles. The molecule has 1 heterocycles. The van der Waals surface area contributed by atoms with E-state index >= 15 is 0 Å². The van der Waals surface area contributed by atoms with Gasteiger partial charge in [0.1, 0.15) is 0 Å². The van der Waals surface area contributed by atoms with Crippen molar-refractivity contribution in [3.8, 4) is 0 Å². The van der Waals surface area contributed by atoms with Crippen molar-refractivity contribution >= 4 is 5.69 Å². The number of anilines is 1. The molecule has 0 aromatic heterocycles. The highest BCUT2D eigenvalue weighted by Gasteiger charge is 2.24. The third-order valence-corrected chi connectivity index (χ3v) is 3.48. The second-order valence-electron chi connectivity index (χ2n) is 4.75. The first kappa shape index (κ1) is 9.57. The van der Waals surface area contributed by atoms with E-state index in [1.54, 1.807) is 5.56 Å². The van der Waals surface area contributed by atoms with Gasteiger partial charge in [-0.1, -0.05) is 32.9 Å². The Bertz CT molecular complexity index is 339. The Labute approximate surface area is 86.5 Å². The first-order valence-corrected chi connectivity index (χ1v) is 5.51. The fourth-order valence-corrected chi connectivity index (χ4v) is 2.17. The van der Waals surface area contributed by atoms with E-state index in [0.717, 1.165) is 6.54 Å². The van der Waals surface area contributed by atoms with Crippen LogP contribution in [-0.4, -0.2) is 6.54 Å². The molecule has 1 aromatic carbocycles. The van der Waals surface area contributed by atoms with Crippen LogP contribution in [0.1, 0.15) is 38.3 Å². The summed E-state index contributed by atoms with van der Waals surface area (Å²) < 4.78 is 0. The zero-order valence-electron chi connectivity index (χ0n) is 9.35. The summed E-state index contributed by atoms with van der Waals surface area (Å²) in [4.78, 5) is 0. The van der Waals surface area contributed by atoms with Crippen molar-refractivity contribution in [2.75, 3.05) is 11.9 Å². The summed E-state index contributed by atoms with van der Waals surface area (Å²) in [6.45, 7) is 8.04. The SMILES string of the molecule is CCC(C)(C)c1cccc2c1CCN2. The number of hydrogen-bond donors (Lipinski definition) is 1. The predicted octanol–water partition coefficient (Wildman–Crippen LogP) is 3.34. The highest BCUT2D eigenvalue weighted by molar-refractivity contribution is 5.59. The highest BCUT2D eigenvalue weighted by Crippen LogP contribution is 2.35. The molecule has 0 radical (unpaired) electrons. The van der Waals surface area contributed by atoms with Gasteiger partial charge in [-0.3, -0.25) is 0 Å². The molecule has 1 aliphatic rings. The third kappa shape index (κ3) is 1.41. The lowest BCUT2D eigenvalue weighted by Gasteiger charge is -2.25. The van der Waals surface area contributed by atoms with Crippen LogP contribution in [0, 0.1) is 0 Å². The fraction of sp³-hybridized carbons (Fsp3) is 0.538. The molecule has 0 spiro atoms. The Morgan fingerprint density at radius 1 is 1.36 bits per heavy atom. The summed E-state index contributed by atoms with van der Waals surface area (Å²) in [5.41, 5.74) is 4.74. The van der Waals surface area contributed by atoms with Crippen LogP contribution in [0.5, 0.6) is 0 Å². The molecule has 0 aliphatic carbocycles. The molecule has 1 aromatic rings. The van der Waals surface area contributed by atoms with Crippen molar-refractivity contribution in [3.63, 3.8) is 0 Å². The quantitative estimate of drug-likeness (QED) is 0.752. The molecule has 0 fully saturated rings. The molecule has 0 bridgehead atoms. The number of hydrogen-bond acceptors (Lipinski definition) is 1. The number of fused-ring (bicyclic) bond motifs is 1. The van der Waals surface area contributed by atoms with Gasteiger partial charge in [-0.05, 0) is 35.4 Å². The van der Waals surface area contributed by atoms with E-state index in [1.807, 2.05) is 0 Å². The molecule has 1 N–H and O–H groups in total. The monoisotopic (exact) mass is 189 g/mol. The average molecular weight is 189 g/mol. The van der Waals surface area contributed by atoms with Crippen molar-refractivity contribution in [1.29, 1.82) is 0 Å². The van der Waals surface area contributed by atoms with Gasteiger partial charge in [-0.15, -0.1) is 0 Å². The largest absolute Gasteiger partial charge is 0.384 e. The molecule has 0 unspecified atom stereocenters. The van der Waals surface area contributed by atoms with E-state index in [9.17, 15) is 0 Å². The van der Waals surface area contributed by atoms with Crippen molar-refractivity contribution in [1.82, 2.24) is 0 Å². The Kier molecular flexibility index (Phi) is 2.26. The summed E-state index contributed by atoms with van der Waals surface area (Å²) in [7, 11) is 0. The zero-order chi connectivity index (χ0) is 10.2. The molecule has 0 saturated heterocycles. The van der Waals surface area contributed by atoms with Gasteiger partial charge >= 0.3 is 0 Å². The topological polar surface area (TPSA) is 12.0 Å². The minimum Gasteiger partial charge on any atom is -0.384 e. The van der Waals surface area contributed by atoms with Crippen LogP contribution >= 0.6 is 0 Å². The maximum absolute atomic E-state index is 3.44. The summed E-state index contributed by atoms with van der Waals surface area (Å²) in [6.07, 6.45) is 2.39. The molecule has 0 amide bonds. The normalized spacial score (nSPS) is 15.1. The van der Waals surface area contributed by atoms with Crippen molar-refractivity contribution in [2.45, 2.75) is 39.0 Å². The lowest BCUT2D eigenvalue weighted by atomic mass is 9.79. The van der Waals surface area contributed by atoms with Gasteiger partial charge in [0, 0.05) is 12.2 Å². The molecular formula is C13H19N. The predicted molar refractivity (Wildman–Crippen MR) is 62.0 cm³/mol. The van der Waals surface area contributed by atoms with Crippen LogP contribution in [0.3, 0.4) is 0 Å². The van der Waals surface area contributed by atoms with E-state index in [2.05, 4.69) is 44.3 Å². The van der Waals surface area contributed by atoms with Gasteiger partial charge in [0.05, 0.1) is 0 Å². The maximum atomic E-state index is 3.44. The smallest absolute Gasteiger partial charge is 0.0376 e. The zero-order valence-corrected chi connectivity index (χ0v) is 9.35. The standard InChI is InChI=1S/C13H19N/c1-4-13(2,3)11-6-5-7-12-10(11)8-9-14-12/h5-7,14H,4,8-9H2,1-3H3. The van der Waals surface area contributed by atoms with Crippen LogP contribution in [0.15, 0.2) is 18.2 Å². The lowest BCUT2D eigenvalue weighted by Crippen LogP contribution is -2.17. The van der Waals surface area contributed by atoms with E-state index in [-0.39, 0.29) is 0 Å².